The lowest BCUT2D eigenvalue weighted by Crippen LogP contribution is -2.10. The van der Waals surface area contributed by atoms with Gasteiger partial charge in [-0.25, -0.2) is 8.42 Å². The van der Waals surface area contributed by atoms with Gasteiger partial charge in [0.15, 0.2) is 9.84 Å². The van der Waals surface area contributed by atoms with Gasteiger partial charge in [-0.15, -0.1) is 0 Å². The van der Waals surface area contributed by atoms with Crippen LogP contribution in [0.25, 0.3) is 10.4 Å². The van der Waals surface area contributed by atoms with Crippen molar-refractivity contribution in [3.05, 3.63) is 34.7 Å². The van der Waals surface area contributed by atoms with Crippen LogP contribution in [-0.2, 0) is 9.84 Å². The Bertz CT molecular complexity index is 506. The third-order valence-corrected chi connectivity index (χ3v) is 3.65. The Morgan fingerprint density at radius 2 is 2.12 bits per heavy atom. The molecule has 0 fully saturated rings. The minimum absolute atomic E-state index is 0.0864. The van der Waals surface area contributed by atoms with Gasteiger partial charge in [-0.1, -0.05) is 17.2 Å². The molecule has 0 heterocycles. The number of para-hydroxylation sites is 1. The fourth-order valence-electron chi connectivity index (χ4n) is 1.19. The molecule has 0 bridgehead atoms. The lowest BCUT2D eigenvalue weighted by molar-refractivity contribution is 0.403. The molecular formula is C9H11N3O3S. The summed E-state index contributed by atoms with van der Waals surface area (Å²) in [5, 5.41) is 3.20. The topological polar surface area (TPSA) is 92.1 Å². The quantitative estimate of drug-likeness (QED) is 0.446. The van der Waals surface area contributed by atoms with E-state index in [9.17, 15) is 8.42 Å². The van der Waals surface area contributed by atoms with E-state index < -0.39 is 9.84 Å². The van der Waals surface area contributed by atoms with E-state index in [1.165, 1.54) is 13.2 Å². The maximum Gasteiger partial charge on any atom is 0.182 e. The van der Waals surface area contributed by atoms with Gasteiger partial charge >= 0.3 is 0 Å². The van der Waals surface area contributed by atoms with E-state index in [1.807, 2.05) is 0 Å². The number of nitrogens with zero attached hydrogens (tertiary/aromatic N) is 3. The fraction of sp³-hybridized carbons (Fsp3) is 0.333. The van der Waals surface area contributed by atoms with Crippen LogP contribution in [0.3, 0.4) is 0 Å². The zero-order valence-corrected chi connectivity index (χ0v) is 9.51. The Labute approximate surface area is 93.4 Å². The molecule has 1 aromatic rings. The first kappa shape index (κ1) is 12.4. The number of methoxy groups -OCH3 is 1. The molecule has 0 aliphatic rings. The molecule has 7 heteroatoms. The second-order valence-corrected chi connectivity index (χ2v) is 5.00. The van der Waals surface area contributed by atoms with Gasteiger partial charge in [0.05, 0.1) is 12.9 Å². The SMILES string of the molecule is COc1ccccc1S(=O)(=O)CCN=[N+]=[N-]. The second kappa shape index (κ2) is 5.39. The zero-order valence-electron chi connectivity index (χ0n) is 8.70. The number of hydrogen-bond acceptors (Lipinski definition) is 4. The van der Waals surface area contributed by atoms with Gasteiger partial charge in [0.25, 0.3) is 0 Å². The van der Waals surface area contributed by atoms with Crippen LogP contribution in [0, 0.1) is 0 Å². The molecule has 1 aromatic carbocycles. The van der Waals surface area contributed by atoms with Crippen molar-refractivity contribution in [2.45, 2.75) is 4.90 Å². The molecule has 86 valence electrons. The number of rotatable bonds is 5. The first-order chi connectivity index (χ1) is 7.61. The number of benzene rings is 1. The van der Waals surface area contributed by atoms with Crippen molar-refractivity contribution in [2.75, 3.05) is 19.4 Å². The summed E-state index contributed by atoms with van der Waals surface area (Å²) in [7, 11) is -2.06. The zero-order chi connectivity index (χ0) is 12.0. The lowest BCUT2D eigenvalue weighted by Gasteiger charge is -2.07. The Hall–Kier alpha value is -1.72. The molecule has 1 rings (SSSR count). The number of ether oxygens (including phenoxy) is 1. The molecule has 16 heavy (non-hydrogen) atoms. The minimum Gasteiger partial charge on any atom is -0.495 e. The standard InChI is InChI=1S/C9H11N3O3S/c1-15-8-4-2-3-5-9(8)16(13,14)7-6-11-12-10/h2-5H,6-7H2,1H3. The monoisotopic (exact) mass is 241 g/mol. The van der Waals surface area contributed by atoms with Gasteiger partial charge in [-0.2, -0.15) is 0 Å². The summed E-state index contributed by atoms with van der Waals surface area (Å²) in [6.07, 6.45) is 0. The predicted octanol–water partition coefficient (Wildman–Crippen LogP) is 1.78. The van der Waals surface area contributed by atoms with Crippen molar-refractivity contribution in [1.82, 2.24) is 0 Å². The summed E-state index contributed by atoms with van der Waals surface area (Å²) in [6, 6.07) is 6.33. The number of sulfone groups is 1. The highest BCUT2D eigenvalue weighted by molar-refractivity contribution is 7.91. The summed E-state index contributed by atoms with van der Waals surface area (Å²) in [5.41, 5.74) is 8.07. The highest BCUT2D eigenvalue weighted by Crippen LogP contribution is 2.23. The molecule has 6 nitrogen and oxygen atoms in total. The van der Waals surface area contributed by atoms with E-state index in [0.29, 0.717) is 5.75 Å². The predicted molar refractivity (Wildman–Crippen MR) is 59.1 cm³/mol. The molecule has 0 amide bonds. The molecule has 0 unspecified atom stereocenters. The maximum atomic E-state index is 11.8. The highest BCUT2D eigenvalue weighted by Gasteiger charge is 2.17. The van der Waals surface area contributed by atoms with Crippen LogP contribution < -0.4 is 4.74 Å². The van der Waals surface area contributed by atoms with Gasteiger partial charge in [-0.3, -0.25) is 0 Å². The minimum atomic E-state index is -3.47. The van der Waals surface area contributed by atoms with Crippen molar-refractivity contribution in [3.63, 3.8) is 0 Å². The number of hydrogen-bond donors (Lipinski definition) is 0. The molecule has 0 aliphatic carbocycles. The van der Waals surface area contributed by atoms with Crippen LogP contribution >= 0.6 is 0 Å². The molecule has 0 radical (unpaired) electrons. The van der Waals surface area contributed by atoms with Gasteiger partial charge in [0.1, 0.15) is 10.6 Å². The molecule has 0 aromatic heterocycles. The summed E-state index contributed by atoms with van der Waals surface area (Å²) in [6.45, 7) is -0.0864. The van der Waals surface area contributed by atoms with Crippen LogP contribution in [0.15, 0.2) is 34.3 Å². The van der Waals surface area contributed by atoms with Crippen LogP contribution in [0.4, 0.5) is 0 Å². The van der Waals surface area contributed by atoms with Crippen molar-refractivity contribution >= 4 is 9.84 Å². The average molecular weight is 241 g/mol. The Morgan fingerprint density at radius 3 is 2.75 bits per heavy atom. The fourth-order valence-corrected chi connectivity index (χ4v) is 2.48. The molecule has 0 atom stereocenters. The van der Waals surface area contributed by atoms with Gasteiger partial charge in [-0.05, 0) is 17.7 Å². The second-order valence-electron chi connectivity index (χ2n) is 2.92. The van der Waals surface area contributed by atoms with Crippen molar-refractivity contribution in [2.24, 2.45) is 5.11 Å². The summed E-state index contributed by atoms with van der Waals surface area (Å²) >= 11 is 0. The smallest absolute Gasteiger partial charge is 0.182 e. The maximum absolute atomic E-state index is 11.8. The first-order valence-corrected chi connectivity index (χ1v) is 6.13. The van der Waals surface area contributed by atoms with Crippen molar-refractivity contribution in [1.29, 1.82) is 0 Å². The van der Waals surface area contributed by atoms with Gasteiger partial charge in [0, 0.05) is 11.5 Å². The van der Waals surface area contributed by atoms with Crippen molar-refractivity contribution < 1.29 is 13.2 Å². The molecule has 0 aliphatic heterocycles. The van der Waals surface area contributed by atoms with E-state index in [2.05, 4.69) is 10.0 Å². The normalized spacial score (nSPS) is 10.6. The third kappa shape index (κ3) is 2.88. The number of azide groups is 1. The molecule has 0 saturated carbocycles. The lowest BCUT2D eigenvalue weighted by atomic mass is 10.3. The largest absolute Gasteiger partial charge is 0.495 e. The van der Waals surface area contributed by atoms with E-state index in [-0.39, 0.29) is 17.2 Å². The summed E-state index contributed by atoms with van der Waals surface area (Å²) in [5.74, 6) is 0.0701. The Morgan fingerprint density at radius 1 is 1.44 bits per heavy atom. The van der Waals surface area contributed by atoms with E-state index in [0.717, 1.165) is 0 Å². The van der Waals surface area contributed by atoms with Crippen LogP contribution in [0.5, 0.6) is 5.75 Å². The summed E-state index contributed by atoms with van der Waals surface area (Å²) in [4.78, 5) is 2.62. The highest BCUT2D eigenvalue weighted by atomic mass is 32.2. The molecule has 0 N–H and O–H groups in total. The summed E-state index contributed by atoms with van der Waals surface area (Å²) < 4.78 is 28.6. The Balaban J connectivity index is 3.02. The van der Waals surface area contributed by atoms with E-state index >= 15 is 0 Å². The average Bonchev–Trinajstić information content (AvgIpc) is 2.29. The van der Waals surface area contributed by atoms with Crippen LogP contribution in [-0.4, -0.2) is 27.8 Å². The molecule has 0 spiro atoms. The van der Waals surface area contributed by atoms with Gasteiger partial charge < -0.3 is 4.74 Å². The molecular weight excluding hydrogens is 230 g/mol. The Kier molecular flexibility index (Phi) is 4.16. The van der Waals surface area contributed by atoms with E-state index in [4.69, 9.17) is 10.3 Å². The van der Waals surface area contributed by atoms with Crippen LogP contribution in [0.1, 0.15) is 0 Å². The van der Waals surface area contributed by atoms with E-state index in [1.54, 1.807) is 18.2 Å². The van der Waals surface area contributed by atoms with Gasteiger partial charge in [0.2, 0.25) is 0 Å². The first-order valence-electron chi connectivity index (χ1n) is 4.48. The van der Waals surface area contributed by atoms with Crippen LogP contribution in [0.2, 0.25) is 0 Å². The molecule has 0 saturated heterocycles. The third-order valence-electron chi connectivity index (χ3n) is 1.93. The van der Waals surface area contributed by atoms with Crippen molar-refractivity contribution in [3.8, 4) is 5.75 Å².